The quantitative estimate of drug-likeness (QED) is 0.165. The summed E-state index contributed by atoms with van der Waals surface area (Å²) in [6, 6.07) is 63.8. The van der Waals surface area contributed by atoms with Crippen molar-refractivity contribution in [3.8, 4) is 78.1 Å². The molecule has 0 fully saturated rings. The van der Waals surface area contributed by atoms with Crippen LogP contribution < -0.4 is 0 Å². The molecule has 8 aromatic rings. The highest BCUT2D eigenvalue weighted by Gasteiger charge is 2.13. The number of rotatable bonds is 7. The van der Waals surface area contributed by atoms with Crippen LogP contribution in [0.5, 0.6) is 0 Å². The maximum Gasteiger partial charge on any atom is 0.0715 e. The van der Waals surface area contributed by atoms with E-state index in [2.05, 4.69) is 204 Å². The predicted octanol–water partition coefficient (Wildman–Crippen LogP) is 14.0. The van der Waals surface area contributed by atoms with Gasteiger partial charge in [0.1, 0.15) is 0 Å². The molecule has 0 saturated heterocycles. The Kier molecular flexibility index (Phi) is 8.93. The molecule has 0 aliphatic carbocycles. The number of aryl methyl sites for hydroxylation is 4. The molecule has 250 valence electrons. The fourth-order valence-electron chi connectivity index (χ4n) is 7.17. The molecular weight excluding hydrogens is 627 g/mol. The lowest BCUT2D eigenvalue weighted by molar-refractivity contribution is 1.32. The van der Waals surface area contributed by atoms with Crippen molar-refractivity contribution in [3.05, 3.63) is 198 Å². The number of hydrogen-bond donors (Lipinski definition) is 0. The summed E-state index contributed by atoms with van der Waals surface area (Å²) >= 11 is 0. The van der Waals surface area contributed by atoms with Gasteiger partial charge in [0.05, 0.1) is 11.4 Å². The third kappa shape index (κ3) is 6.87. The smallest absolute Gasteiger partial charge is 0.0715 e. The first-order valence-corrected chi connectivity index (χ1v) is 18.0. The van der Waals surface area contributed by atoms with Gasteiger partial charge < -0.3 is 0 Å². The third-order valence-corrected chi connectivity index (χ3v) is 10.0. The van der Waals surface area contributed by atoms with E-state index in [9.17, 15) is 0 Å². The number of pyridine rings is 1. The monoisotopic (exact) mass is 667 g/mol. The molecule has 0 aliphatic rings. The lowest BCUT2D eigenvalue weighted by atomic mass is 9.93. The first-order chi connectivity index (χ1) is 25.4. The van der Waals surface area contributed by atoms with Crippen molar-refractivity contribution in [1.29, 1.82) is 0 Å². The molecular formula is C51H41N. The van der Waals surface area contributed by atoms with Crippen LogP contribution in [-0.4, -0.2) is 4.98 Å². The Balaban J connectivity index is 1.20. The Morgan fingerprint density at radius 1 is 0.269 bits per heavy atom. The highest BCUT2D eigenvalue weighted by Crippen LogP contribution is 2.36. The van der Waals surface area contributed by atoms with Crippen molar-refractivity contribution < 1.29 is 0 Å². The average Bonchev–Trinajstić information content (AvgIpc) is 3.20. The van der Waals surface area contributed by atoms with Gasteiger partial charge in [0.2, 0.25) is 0 Å². The Bertz CT molecular complexity index is 2400. The van der Waals surface area contributed by atoms with Gasteiger partial charge >= 0.3 is 0 Å². The molecule has 0 bridgehead atoms. The van der Waals surface area contributed by atoms with Crippen molar-refractivity contribution in [1.82, 2.24) is 4.98 Å². The summed E-state index contributed by atoms with van der Waals surface area (Å²) in [6.07, 6.45) is 0. The van der Waals surface area contributed by atoms with Crippen LogP contribution in [0.4, 0.5) is 0 Å². The van der Waals surface area contributed by atoms with Crippen molar-refractivity contribution in [3.63, 3.8) is 0 Å². The standard InChI is InChI=1S/C51H41N/c1-34-22-24-36(3)48(26-34)43-18-8-14-39(28-43)41-16-10-20-45(30-41)50-32-47(38-12-6-5-7-13-38)33-51(52-50)46-21-11-17-42(31-46)40-15-9-19-44(29-40)49-27-35(2)23-25-37(49)4/h5-33H,1-4H3. The van der Waals surface area contributed by atoms with Crippen molar-refractivity contribution >= 4 is 0 Å². The maximum atomic E-state index is 5.34. The molecule has 7 aromatic carbocycles. The zero-order valence-corrected chi connectivity index (χ0v) is 30.2. The minimum Gasteiger partial charge on any atom is -0.248 e. The van der Waals surface area contributed by atoms with E-state index in [-0.39, 0.29) is 0 Å². The zero-order chi connectivity index (χ0) is 35.6. The Labute approximate surface area is 308 Å². The van der Waals surface area contributed by atoms with Crippen LogP contribution in [0.2, 0.25) is 0 Å². The lowest BCUT2D eigenvalue weighted by Crippen LogP contribution is -1.92. The predicted molar refractivity (Wildman–Crippen MR) is 221 cm³/mol. The molecule has 0 saturated carbocycles. The molecule has 1 heteroatoms. The lowest BCUT2D eigenvalue weighted by Gasteiger charge is -2.13. The van der Waals surface area contributed by atoms with Crippen LogP contribution in [0.25, 0.3) is 78.1 Å². The number of aromatic nitrogens is 1. The van der Waals surface area contributed by atoms with E-state index in [0.29, 0.717) is 0 Å². The van der Waals surface area contributed by atoms with E-state index in [0.717, 1.165) is 28.1 Å². The number of hydrogen-bond acceptors (Lipinski definition) is 1. The molecule has 0 radical (unpaired) electrons. The van der Waals surface area contributed by atoms with Gasteiger partial charge in [0.25, 0.3) is 0 Å². The summed E-state index contributed by atoms with van der Waals surface area (Å²) < 4.78 is 0. The normalized spacial score (nSPS) is 11.1. The molecule has 0 unspecified atom stereocenters. The summed E-state index contributed by atoms with van der Waals surface area (Å²) in [4.78, 5) is 5.34. The van der Waals surface area contributed by atoms with E-state index >= 15 is 0 Å². The van der Waals surface area contributed by atoms with Crippen LogP contribution in [-0.2, 0) is 0 Å². The summed E-state index contributed by atoms with van der Waals surface area (Å²) in [7, 11) is 0. The second-order valence-corrected chi connectivity index (χ2v) is 14.0. The first-order valence-electron chi connectivity index (χ1n) is 18.0. The van der Waals surface area contributed by atoms with E-state index < -0.39 is 0 Å². The highest BCUT2D eigenvalue weighted by molar-refractivity contribution is 5.82. The molecule has 52 heavy (non-hydrogen) atoms. The summed E-state index contributed by atoms with van der Waals surface area (Å²) in [5.41, 5.74) is 21.2. The van der Waals surface area contributed by atoms with Gasteiger partial charge in [-0.1, -0.05) is 151 Å². The van der Waals surface area contributed by atoms with E-state index in [1.165, 1.54) is 72.3 Å². The highest BCUT2D eigenvalue weighted by atomic mass is 14.7. The van der Waals surface area contributed by atoms with Gasteiger partial charge in [-0.15, -0.1) is 0 Å². The molecule has 0 atom stereocenters. The van der Waals surface area contributed by atoms with Gasteiger partial charge in [-0.3, -0.25) is 0 Å². The second kappa shape index (κ2) is 14.1. The van der Waals surface area contributed by atoms with Gasteiger partial charge in [0.15, 0.2) is 0 Å². The first kappa shape index (κ1) is 32.9. The molecule has 0 spiro atoms. The van der Waals surface area contributed by atoms with Crippen LogP contribution in [0.3, 0.4) is 0 Å². The zero-order valence-electron chi connectivity index (χ0n) is 30.2. The molecule has 0 amide bonds. The van der Waals surface area contributed by atoms with Crippen molar-refractivity contribution in [2.24, 2.45) is 0 Å². The largest absolute Gasteiger partial charge is 0.248 e. The number of benzene rings is 7. The van der Waals surface area contributed by atoms with E-state index in [1.807, 2.05) is 0 Å². The van der Waals surface area contributed by atoms with E-state index in [4.69, 9.17) is 4.98 Å². The minimum absolute atomic E-state index is 0.950. The minimum atomic E-state index is 0.950. The van der Waals surface area contributed by atoms with Gasteiger partial charge in [0, 0.05) is 11.1 Å². The topological polar surface area (TPSA) is 12.9 Å². The SMILES string of the molecule is Cc1ccc(C)c(-c2cccc(-c3cccc(-c4cc(-c5ccccc5)cc(-c5cccc(-c6cccc(-c7cc(C)ccc7C)c6)c5)n4)c3)c2)c1. The molecule has 8 rings (SSSR count). The van der Waals surface area contributed by atoms with Gasteiger partial charge in [-0.05, 0) is 131 Å². The molecule has 1 heterocycles. The van der Waals surface area contributed by atoms with Crippen LogP contribution >= 0.6 is 0 Å². The summed E-state index contributed by atoms with van der Waals surface area (Å²) in [5.74, 6) is 0. The van der Waals surface area contributed by atoms with Crippen LogP contribution in [0, 0.1) is 27.7 Å². The molecule has 0 aliphatic heterocycles. The van der Waals surface area contributed by atoms with Crippen molar-refractivity contribution in [2.75, 3.05) is 0 Å². The molecule has 1 nitrogen and oxygen atoms in total. The Morgan fingerprint density at radius 2 is 0.635 bits per heavy atom. The third-order valence-electron chi connectivity index (χ3n) is 10.0. The van der Waals surface area contributed by atoms with Crippen molar-refractivity contribution in [2.45, 2.75) is 27.7 Å². The van der Waals surface area contributed by atoms with Gasteiger partial charge in [-0.2, -0.15) is 0 Å². The van der Waals surface area contributed by atoms with Gasteiger partial charge in [-0.25, -0.2) is 4.98 Å². The maximum absolute atomic E-state index is 5.34. The van der Waals surface area contributed by atoms with Crippen LogP contribution in [0.15, 0.2) is 176 Å². The summed E-state index contributed by atoms with van der Waals surface area (Å²) in [6.45, 7) is 8.68. The molecule has 0 N–H and O–H groups in total. The fourth-order valence-corrected chi connectivity index (χ4v) is 7.17. The average molecular weight is 668 g/mol. The Morgan fingerprint density at radius 3 is 1.08 bits per heavy atom. The fraction of sp³-hybridized carbons (Fsp3) is 0.0784. The van der Waals surface area contributed by atoms with E-state index in [1.54, 1.807) is 0 Å². The summed E-state index contributed by atoms with van der Waals surface area (Å²) in [5, 5.41) is 0. The van der Waals surface area contributed by atoms with Crippen LogP contribution in [0.1, 0.15) is 22.3 Å². The Hall–Kier alpha value is -6.31. The second-order valence-electron chi connectivity index (χ2n) is 14.0. The molecule has 1 aromatic heterocycles. The number of nitrogens with zero attached hydrogens (tertiary/aromatic N) is 1.